The van der Waals surface area contributed by atoms with Gasteiger partial charge >= 0.3 is 0 Å². The van der Waals surface area contributed by atoms with Crippen LogP contribution >= 0.6 is 11.6 Å². The zero-order valence-corrected chi connectivity index (χ0v) is 37.5. The van der Waals surface area contributed by atoms with Crippen molar-refractivity contribution >= 4 is 23.2 Å². The molecule has 0 saturated heterocycles. The van der Waals surface area contributed by atoms with E-state index in [1.54, 1.807) is 12.5 Å². The number of halogens is 1. The lowest BCUT2D eigenvalue weighted by molar-refractivity contribution is -0.196. The van der Waals surface area contributed by atoms with Gasteiger partial charge in [-0.3, -0.25) is 14.5 Å². The van der Waals surface area contributed by atoms with Crippen molar-refractivity contribution in [1.82, 2.24) is 15.1 Å². The predicted molar refractivity (Wildman–Crippen MR) is 233 cm³/mol. The van der Waals surface area contributed by atoms with E-state index in [2.05, 4.69) is 102 Å². The number of likely N-dealkylation sites (N-methyl/N-ethyl adjacent to an activating group) is 1. The van der Waals surface area contributed by atoms with Gasteiger partial charge in [0, 0.05) is 55.6 Å². The number of fused-ring (bicyclic) bond motifs is 7. The van der Waals surface area contributed by atoms with Crippen LogP contribution in [0.25, 0.3) is 0 Å². The molecule has 6 heteroatoms. The van der Waals surface area contributed by atoms with Crippen molar-refractivity contribution in [2.75, 3.05) is 40.3 Å². The summed E-state index contributed by atoms with van der Waals surface area (Å²) in [4.78, 5) is 31.3. The van der Waals surface area contributed by atoms with Crippen molar-refractivity contribution in [3.63, 3.8) is 0 Å². The summed E-state index contributed by atoms with van der Waals surface area (Å²) < 4.78 is 0. The second-order valence-electron chi connectivity index (χ2n) is 21.3. The van der Waals surface area contributed by atoms with Crippen LogP contribution in [-0.2, 0) is 16.1 Å². The molecule has 3 fully saturated rings. The molecule has 0 aromatic heterocycles. The summed E-state index contributed by atoms with van der Waals surface area (Å²) in [5.41, 5.74) is 7.61. The number of nitrogens with zero attached hydrogens (tertiary/aromatic N) is 2. The summed E-state index contributed by atoms with van der Waals surface area (Å²) in [6.45, 7) is 24.2. The van der Waals surface area contributed by atoms with Crippen molar-refractivity contribution < 1.29 is 9.59 Å². The largest absolute Gasteiger partial charge is 0.308 e. The number of carbonyl (C=O) groups excluding carboxylic acids is 2. The van der Waals surface area contributed by atoms with Gasteiger partial charge in [-0.2, -0.15) is 0 Å². The maximum absolute atomic E-state index is 14.2. The first-order valence-electron chi connectivity index (χ1n) is 22.4. The van der Waals surface area contributed by atoms with Crippen molar-refractivity contribution in [3.8, 4) is 0 Å². The van der Waals surface area contributed by atoms with E-state index in [4.69, 9.17) is 11.6 Å². The molecule has 6 aliphatic rings. The van der Waals surface area contributed by atoms with E-state index in [0.29, 0.717) is 35.7 Å². The number of Topliss-reactive ketones (excluding diaryl/α,β-unsaturated/α-hetero) is 2. The molecule has 3 saturated carbocycles. The first kappa shape index (κ1) is 42.1. The molecule has 7 rings (SSSR count). The Balaban J connectivity index is 1.14. The number of ketones is 2. The number of nitrogens with one attached hydrogen (secondary N) is 1. The van der Waals surface area contributed by atoms with E-state index in [9.17, 15) is 9.59 Å². The molecular formula is C50H74ClN3O2. The Morgan fingerprint density at radius 2 is 1.62 bits per heavy atom. The minimum absolute atomic E-state index is 0.117. The van der Waals surface area contributed by atoms with Crippen molar-refractivity contribution in [2.24, 2.45) is 51.2 Å². The molecule has 6 aliphatic carbocycles. The van der Waals surface area contributed by atoms with Crippen LogP contribution in [0.4, 0.5) is 0 Å². The highest BCUT2D eigenvalue weighted by atomic mass is 35.5. The average Bonchev–Trinajstić information content (AvgIpc) is 3.43. The molecule has 308 valence electrons. The summed E-state index contributed by atoms with van der Waals surface area (Å²) in [5, 5.41) is 4.96. The van der Waals surface area contributed by atoms with Gasteiger partial charge in [-0.15, -0.1) is 0 Å². The number of hydrogen-bond donors (Lipinski definition) is 1. The molecule has 56 heavy (non-hydrogen) atoms. The summed E-state index contributed by atoms with van der Waals surface area (Å²) in [7, 11) is 4.30. The van der Waals surface area contributed by atoms with Crippen LogP contribution in [0.2, 0.25) is 5.02 Å². The van der Waals surface area contributed by atoms with E-state index >= 15 is 0 Å². The van der Waals surface area contributed by atoms with Crippen LogP contribution in [0, 0.1) is 51.2 Å². The SMILES string of the molecule is CC(=O)C1CC=C(C2=CC[C@]3(C)[C@H]4CC[C@@H]5C6=C(C(C)C)C(=O)C[C@]6(NCCN(CCN(C)C)Cc6ccc(Cl)cc6)CC[C@@]5(C)[C@]4(C)CC[C@H]3C2(C)C)CC1. The van der Waals surface area contributed by atoms with Crippen LogP contribution in [0.3, 0.4) is 0 Å². The molecule has 1 N–H and O–H groups in total. The zero-order valence-electron chi connectivity index (χ0n) is 36.8. The van der Waals surface area contributed by atoms with Crippen LogP contribution in [0.15, 0.2) is 58.7 Å². The lowest BCUT2D eigenvalue weighted by Gasteiger charge is -2.71. The maximum Gasteiger partial charge on any atom is 0.161 e. The van der Waals surface area contributed by atoms with E-state index in [1.807, 2.05) is 12.1 Å². The molecule has 5 nitrogen and oxygen atoms in total. The number of benzene rings is 1. The minimum atomic E-state index is -0.224. The highest BCUT2D eigenvalue weighted by Gasteiger charge is 2.69. The van der Waals surface area contributed by atoms with Crippen molar-refractivity contribution in [2.45, 2.75) is 138 Å². The second kappa shape index (κ2) is 15.5. The van der Waals surface area contributed by atoms with Gasteiger partial charge in [0.05, 0.1) is 0 Å². The Kier molecular flexibility index (Phi) is 11.7. The fraction of sp³-hybridized carbons (Fsp3) is 0.720. The van der Waals surface area contributed by atoms with Crippen LogP contribution < -0.4 is 5.32 Å². The van der Waals surface area contributed by atoms with E-state index in [-0.39, 0.29) is 39.0 Å². The van der Waals surface area contributed by atoms with Gasteiger partial charge in [0.25, 0.3) is 0 Å². The molecule has 1 unspecified atom stereocenters. The van der Waals surface area contributed by atoms with Crippen molar-refractivity contribution in [1.29, 1.82) is 0 Å². The summed E-state index contributed by atoms with van der Waals surface area (Å²) >= 11 is 6.24. The Morgan fingerprint density at radius 1 is 0.893 bits per heavy atom. The third-order valence-electron chi connectivity index (χ3n) is 17.4. The standard InChI is InChI=1S/C50H74ClN3O2/c1-33(2)44-41(56)31-50(52-27-28-54(30-29-53(9)10)32-35-11-17-38(51)18-12-35)26-25-48(7)40(45(44)50)19-20-43-47(6)23-21-39(37-15-13-36(14-16-37)34(3)55)46(4,5)42(47)22-24-49(43,48)8/h11-12,15,17-18,21,33,36,40,42-43,52H,13-14,16,19-20,22-32H2,1-10H3/t36?,40-,42+,43-,47+,48-,49-,50-/m1/s1. The molecular weight excluding hydrogens is 710 g/mol. The molecule has 1 aromatic rings. The van der Waals surface area contributed by atoms with Gasteiger partial charge < -0.3 is 10.2 Å². The quantitative estimate of drug-likeness (QED) is 0.229. The molecule has 0 aliphatic heterocycles. The molecule has 0 bridgehead atoms. The van der Waals surface area contributed by atoms with Gasteiger partial charge in [0.15, 0.2) is 5.78 Å². The highest BCUT2D eigenvalue weighted by Crippen LogP contribution is 2.76. The fourth-order valence-electron chi connectivity index (χ4n) is 14.3. The minimum Gasteiger partial charge on any atom is -0.308 e. The Bertz CT molecular complexity index is 1770. The average molecular weight is 785 g/mol. The molecule has 0 amide bonds. The van der Waals surface area contributed by atoms with Gasteiger partial charge in [-0.05, 0) is 171 Å². The number of rotatable bonds is 12. The molecule has 8 atom stereocenters. The Morgan fingerprint density at radius 3 is 2.27 bits per heavy atom. The van der Waals surface area contributed by atoms with E-state index < -0.39 is 0 Å². The van der Waals surface area contributed by atoms with E-state index in [0.717, 1.165) is 69.9 Å². The smallest absolute Gasteiger partial charge is 0.161 e. The second-order valence-corrected chi connectivity index (χ2v) is 21.7. The monoisotopic (exact) mass is 784 g/mol. The van der Waals surface area contributed by atoms with Crippen LogP contribution in [-0.4, -0.2) is 67.2 Å². The normalized spacial score (nSPS) is 36.6. The van der Waals surface area contributed by atoms with Gasteiger partial charge in [0.1, 0.15) is 5.78 Å². The molecule has 0 radical (unpaired) electrons. The molecule has 0 spiro atoms. The zero-order chi connectivity index (χ0) is 40.4. The first-order valence-corrected chi connectivity index (χ1v) is 22.8. The van der Waals surface area contributed by atoms with Gasteiger partial charge in [-0.25, -0.2) is 0 Å². The fourth-order valence-corrected chi connectivity index (χ4v) is 14.5. The van der Waals surface area contributed by atoms with Crippen molar-refractivity contribution in [3.05, 3.63) is 69.3 Å². The lowest BCUT2D eigenvalue weighted by Crippen LogP contribution is -2.66. The van der Waals surface area contributed by atoms with Gasteiger partial charge in [-0.1, -0.05) is 84.4 Å². The lowest BCUT2D eigenvalue weighted by atomic mass is 9.33. The predicted octanol–water partition coefficient (Wildman–Crippen LogP) is 10.9. The van der Waals surface area contributed by atoms with E-state index in [1.165, 1.54) is 54.4 Å². The number of carbonyl (C=O) groups is 2. The van der Waals surface area contributed by atoms with Gasteiger partial charge in [0.2, 0.25) is 0 Å². The number of hydrogen-bond acceptors (Lipinski definition) is 5. The molecule has 0 heterocycles. The molecule has 1 aromatic carbocycles. The maximum atomic E-state index is 14.2. The summed E-state index contributed by atoms with van der Waals surface area (Å²) in [5.74, 6) is 2.94. The van der Waals surface area contributed by atoms with Crippen LogP contribution in [0.5, 0.6) is 0 Å². The highest BCUT2D eigenvalue weighted by molar-refractivity contribution is 6.30. The Hall–Kier alpha value is -2.05. The third kappa shape index (κ3) is 7.09. The third-order valence-corrected chi connectivity index (χ3v) is 17.7. The summed E-state index contributed by atoms with van der Waals surface area (Å²) in [6.07, 6.45) is 17.1. The Labute approximate surface area is 345 Å². The first-order chi connectivity index (χ1) is 26.4. The van der Waals surface area contributed by atoms with Crippen LogP contribution in [0.1, 0.15) is 132 Å². The summed E-state index contributed by atoms with van der Waals surface area (Å²) in [6, 6.07) is 8.30. The number of allylic oxidation sites excluding steroid dienone is 5. The topological polar surface area (TPSA) is 52.7 Å².